The molecule has 3 aromatic carbocycles. The Kier molecular flexibility index (Phi) is 6.49. The van der Waals surface area contributed by atoms with E-state index in [1.165, 1.54) is 60.7 Å². The predicted molar refractivity (Wildman–Crippen MR) is 128 cm³/mol. The van der Waals surface area contributed by atoms with Crippen molar-refractivity contribution in [3.05, 3.63) is 107 Å². The molecule has 7 nitrogen and oxygen atoms in total. The summed E-state index contributed by atoms with van der Waals surface area (Å²) < 4.78 is 56.4. The van der Waals surface area contributed by atoms with Crippen LogP contribution in [0.1, 0.15) is 5.56 Å². The van der Waals surface area contributed by atoms with Crippen LogP contribution in [0.15, 0.2) is 101 Å². The van der Waals surface area contributed by atoms with Gasteiger partial charge in [0.05, 0.1) is 21.8 Å². The van der Waals surface area contributed by atoms with Gasteiger partial charge in [-0.1, -0.05) is 35.3 Å². The van der Waals surface area contributed by atoms with E-state index in [4.69, 9.17) is 23.2 Å². The van der Waals surface area contributed by atoms with E-state index in [0.29, 0.717) is 20.3 Å². The van der Waals surface area contributed by atoms with Crippen molar-refractivity contribution in [2.45, 2.75) is 16.3 Å². The summed E-state index contributed by atoms with van der Waals surface area (Å²) in [7, 11) is -9.02. The van der Waals surface area contributed by atoms with Crippen molar-refractivity contribution >= 4 is 48.9 Å². The van der Waals surface area contributed by atoms with Crippen molar-refractivity contribution in [2.75, 3.05) is 3.71 Å². The lowest BCUT2D eigenvalue weighted by atomic mass is 10.2. The van der Waals surface area contributed by atoms with Gasteiger partial charge in [-0.05, 0) is 66.2 Å². The zero-order chi connectivity index (χ0) is 23.6. The summed E-state index contributed by atoms with van der Waals surface area (Å²) in [4.78, 5) is 3.55. The molecule has 11 heteroatoms. The summed E-state index contributed by atoms with van der Waals surface area (Å²) in [6, 6.07) is 16.8. The number of benzene rings is 3. The third kappa shape index (κ3) is 4.91. The molecular weight excluding hydrogens is 505 g/mol. The molecule has 0 spiro atoms. The molecule has 4 aromatic rings. The SMILES string of the molecule is O=S(=O)(c1ccc(Cl)cc1)N(c1ccc(Cn2ccnc2)cc1)S(=O)(=O)c1ccc(Cl)cc1. The Morgan fingerprint density at radius 2 is 1.21 bits per heavy atom. The minimum absolute atomic E-state index is 0.0331. The number of anilines is 1. The summed E-state index contributed by atoms with van der Waals surface area (Å²) in [5.74, 6) is 0. The van der Waals surface area contributed by atoms with Crippen molar-refractivity contribution in [3.8, 4) is 0 Å². The van der Waals surface area contributed by atoms with Crippen LogP contribution in [0, 0.1) is 0 Å². The number of hydrogen-bond acceptors (Lipinski definition) is 5. The van der Waals surface area contributed by atoms with Crippen molar-refractivity contribution in [2.24, 2.45) is 0 Å². The van der Waals surface area contributed by atoms with Crippen LogP contribution < -0.4 is 3.71 Å². The van der Waals surface area contributed by atoms with Crippen LogP contribution in [-0.2, 0) is 26.6 Å². The van der Waals surface area contributed by atoms with Gasteiger partial charge in [0.2, 0.25) is 0 Å². The molecule has 170 valence electrons. The van der Waals surface area contributed by atoms with E-state index in [1.54, 1.807) is 30.9 Å². The number of imidazole rings is 1. The van der Waals surface area contributed by atoms with E-state index in [2.05, 4.69) is 4.98 Å². The third-order valence-electron chi connectivity index (χ3n) is 4.73. The highest BCUT2D eigenvalue weighted by Crippen LogP contribution is 2.32. The Labute approximate surface area is 201 Å². The van der Waals surface area contributed by atoms with E-state index < -0.39 is 20.0 Å². The summed E-state index contributed by atoms with van der Waals surface area (Å²) in [6.07, 6.45) is 5.08. The maximum Gasteiger partial charge on any atom is 0.277 e. The summed E-state index contributed by atoms with van der Waals surface area (Å²) in [5, 5.41) is 0.648. The van der Waals surface area contributed by atoms with E-state index in [9.17, 15) is 16.8 Å². The molecule has 0 fully saturated rings. The highest BCUT2D eigenvalue weighted by Gasteiger charge is 2.37. The fourth-order valence-electron chi connectivity index (χ4n) is 3.13. The van der Waals surface area contributed by atoms with E-state index in [-0.39, 0.29) is 15.5 Å². The molecule has 0 aliphatic carbocycles. The smallest absolute Gasteiger partial charge is 0.277 e. The Balaban J connectivity index is 1.82. The van der Waals surface area contributed by atoms with Crippen molar-refractivity contribution in [1.29, 1.82) is 0 Å². The average Bonchev–Trinajstić information content (AvgIpc) is 3.28. The van der Waals surface area contributed by atoms with Gasteiger partial charge in [-0.2, -0.15) is 3.71 Å². The zero-order valence-corrected chi connectivity index (χ0v) is 20.1. The first-order valence-corrected chi connectivity index (χ1v) is 13.2. The minimum atomic E-state index is -4.51. The van der Waals surface area contributed by atoms with Crippen LogP contribution in [0.3, 0.4) is 0 Å². The molecular formula is C22H17Cl2N3O4S2. The van der Waals surface area contributed by atoms with Gasteiger partial charge in [0, 0.05) is 29.0 Å². The number of rotatable bonds is 7. The first-order chi connectivity index (χ1) is 15.7. The molecule has 33 heavy (non-hydrogen) atoms. The lowest BCUT2D eigenvalue weighted by Gasteiger charge is -2.24. The third-order valence-corrected chi connectivity index (χ3v) is 9.44. The van der Waals surface area contributed by atoms with Crippen LogP contribution in [0.25, 0.3) is 0 Å². The molecule has 0 amide bonds. The zero-order valence-electron chi connectivity index (χ0n) is 16.9. The first kappa shape index (κ1) is 23.3. The molecule has 0 N–H and O–H groups in total. The molecule has 0 bridgehead atoms. The maximum absolute atomic E-state index is 13.5. The molecule has 1 heterocycles. The van der Waals surface area contributed by atoms with Gasteiger partial charge in [0.1, 0.15) is 0 Å². The number of aromatic nitrogens is 2. The van der Waals surface area contributed by atoms with E-state index in [0.717, 1.165) is 5.56 Å². The molecule has 0 radical (unpaired) electrons. The molecule has 4 rings (SSSR count). The maximum atomic E-state index is 13.5. The second-order valence-corrected chi connectivity index (χ2v) is 11.7. The Bertz CT molecular complexity index is 1380. The fraction of sp³-hybridized carbons (Fsp3) is 0.0455. The van der Waals surface area contributed by atoms with E-state index >= 15 is 0 Å². The lowest BCUT2D eigenvalue weighted by Crippen LogP contribution is -2.37. The quantitative estimate of drug-likeness (QED) is 0.347. The largest absolute Gasteiger partial charge is 0.333 e. The second-order valence-electron chi connectivity index (χ2n) is 7.02. The van der Waals surface area contributed by atoms with Crippen LogP contribution >= 0.6 is 23.2 Å². The number of halogens is 2. The van der Waals surface area contributed by atoms with Crippen molar-refractivity contribution < 1.29 is 16.8 Å². The van der Waals surface area contributed by atoms with Gasteiger partial charge < -0.3 is 4.57 Å². The Hall–Kier alpha value is -2.85. The summed E-state index contributed by atoms with van der Waals surface area (Å²) in [5.41, 5.74) is 0.804. The molecule has 0 aliphatic heterocycles. The van der Waals surface area contributed by atoms with Gasteiger partial charge >= 0.3 is 0 Å². The van der Waals surface area contributed by atoms with Gasteiger partial charge in [-0.25, -0.2) is 21.8 Å². The minimum Gasteiger partial charge on any atom is -0.333 e. The summed E-state index contributed by atoms with van der Waals surface area (Å²) in [6.45, 7) is 0.494. The lowest BCUT2D eigenvalue weighted by molar-refractivity contribution is 0.584. The fourth-order valence-corrected chi connectivity index (χ4v) is 7.07. The highest BCUT2D eigenvalue weighted by atomic mass is 35.5. The molecule has 0 aliphatic rings. The second kappa shape index (κ2) is 9.18. The molecule has 0 saturated carbocycles. The number of nitrogens with zero attached hydrogens (tertiary/aromatic N) is 3. The first-order valence-electron chi connectivity index (χ1n) is 9.54. The topological polar surface area (TPSA) is 89.3 Å². The average molecular weight is 522 g/mol. The predicted octanol–water partition coefficient (Wildman–Crippen LogP) is 4.82. The summed E-state index contributed by atoms with van der Waals surface area (Å²) >= 11 is 11.8. The molecule has 1 aromatic heterocycles. The van der Waals surface area contributed by atoms with Gasteiger partial charge in [-0.3, -0.25) is 0 Å². The molecule has 0 saturated heterocycles. The van der Waals surface area contributed by atoms with Crippen LogP contribution in [-0.4, -0.2) is 26.4 Å². The van der Waals surface area contributed by atoms with Crippen molar-refractivity contribution in [3.63, 3.8) is 0 Å². The molecule has 0 atom stereocenters. The Morgan fingerprint density at radius 3 is 1.64 bits per heavy atom. The molecule has 0 unspecified atom stereocenters. The van der Waals surface area contributed by atoms with E-state index in [1.807, 2.05) is 4.57 Å². The Morgan fingerprint density at radius 1 is 0.727 bits per heavy atom. The van der Waals surface area contributed by atoms with Gasteiger partial charge in [0.25, 0.3) is 20.0 Å². The van der Waals surface area contributed by atoms with Gasteiger partial charge in [-0.15, -0.1) is 0 Å². The van der Waals surface area contributed by atoms with Gasteiger partial charge in [0.15, 0.2) is 0 Å². The standard InChI is InChI=1S/C22H17Cl2N3O4S2/c23-18-3-9-21(10-4-18)32(28,29)27(33(30,31)22-11-5-19(24)6-12-22)20-7-1-17(2-8-20)15-26-14-13-25-16-26/h1-14,16H,15H2. The monoisotopic (exact) mass is 521 g/mol. The van der Waals surface area contributed by atoms with Crippen molar-refractivity contribution in [1.82, 2.24) is 9.55 Å². The highest BCUT2D eigenvalue weighted by molar-refractivity contribution is 8.10. The van der Waals surface area contributed by atoms with Crippen LogP contribution in [0.4, 0.5) is 5.69 Å². The van der Waals surface area contributed by atoms with Crippen LogP contribution in [0.5, 0.6) is 0 Å². The number of sulfonamides is 2. The normalized spacial score (nSPS) is 11.9. The van der Waals surface area contributed by atoms with Crippen LogP contribution in [0.2, 0.25) is 10.0 Å². The number of hydrogen-bond donors (Lipinski definition) is 0.